The highest BCUT2D eigenvalue weighted by molar-refractivity contribution is 7.86. The molecule has 5 heteroatoms. The van der Waals surface area contributed by atoms with Gasteiger partial charge in [-0.25, -0.2) is 0 Å². The summed E-state index contributed by atoms with van der Waals surface area (Å²) in [6.45, 7) is 4.44. The highest BCUT2D eigenvalue weighted by atomic mass is 32.2. The summed E-state index contributed by atoms with van der Waals surface area (Å²) in [6.07, 6.45) is 7.65. The Bertz CT molecular complexity index is 272. The summed E-state index contributed by atoms with van der Waals surface area (Å²) in [5.41, 5.74) is -1.61. The molecule has 17 heavy (non-hydrogen) atoms. The van der Waals surface area contributed by atoms with Crippen molar-refractivity contribution in [3.63, 3.8) is 0 Å². The molecule has 104 valence electrons. The molecule has 0 spiro atoms. The molecule has 4 nitrogen and oxygen atoms in total. The van der Waals surface area contributed by atoms with Crippen molar-refractivity contribution in [2.45, 2.75) is 70.7 Å². The molecule has 0 radical (unpaired) electrons. The van der Waals surface area contributed by atoms with Gasteiger partial charge in [0.1, 0.15) is 0 Å². The van der Waals surface area contributed by atoms with E-state index in [4.69, 9.17) is 9.66 Å². The number of aliphatic hydroxyl groups excluding tert-OH is 1. The van der Waals surface area contributed by atoms with Gasteiger partial charge in [-0.15, -0.1) is 0 Å². The Kier molecular flexibility index (Phi) is 8.82. The van der Waals surface area contributed by atoms with Crippen LogP contribution < -0.4 is 0 Å². The van der Waals surface area contributed by atoms with Gasteiger partial charge in [0.25, 0.3) is 10.1 Å². The van der Waals surface area contributed by atoms with Crippen molar-refractivity contribution in [3.05, 3.63) is 0 Å². The summed E-state index contributed by atoms with van der Waals surface area (Å²) in [6, 6.07) is 0. The third-order valence-electron chi connectivity index (χ3n) is 2.83. The van der Waals surface area contributed by atoms with Crippen molar-refractivity contribution in [2.75, 3.05) is 0 Å². The largest absolute Gasteiger partial charge is 0.375 e. The molecule has 1 unspecified atom stereocenters. The first-order valence-electron chi connectivity index (χ1n) is 6.48. The van der Waals surface area contributed by atoms with Crippen LogP contribution in [0.4, 0.5) is 0 Å². The van der Waals surface area contributed by atoms with Gasteiger partial charge in [0, 0.05) is 0 Å². The second-order valence-electron chi connectivity index (χ2n) is 5.06. The van der Waals surface area contributed by atoms with E-state index in [-0.39, 0.29) is 6.42 Å². The Labute approximate surface area is 105 Å². The van der Waals surface area contributed by atoms with Crippen molar-refractivity contribution in [1.82, 2.24) is 0 Å². The standard InChI is InChI=1S/C12H26O4S/c1-11(2)9-7-5-3-4-6-8-10-12(13)17(14,15)16/h11-13H,3-10H2,1-2H3,(H,14,15,16). The van der Waals surface area contributed by atoms with Gasteiger partial charge in [-0.05, 0) is 18.8 Å². The van der Waals surface area contributed by atoms with Crippen molar-refractivity contribution in [1.29, 1.82) is 0 Å². The number of hydrogen-bond acceptors (Lipinski definition) is 3. The molecule has 2 N–H and O–H groups in total. The van der Waals surface area contributed by atoms with Crippen molar-refractivity contribution in [3.8, 4) is 0 Å². The number of hydrogen-bond donors (Lipinski definition) is 2. The van der Waals surface area contributed by atoms with Crippen LogP contribution in [0.5, 0.6) is 0 Å². The monoisotopic (exact) mass is 266 g/mol. The van der Waals surface area contributed by atoms with Crippen LogP contribution in [0.3, 0.4) is 0 Å². The van der Waals surface area contributed by atoms with Crippen LogP contribution in [0.15, 0.2) is 0 Å². The summed E-state index contributed by atoms with van der Waals surface area (Å²) in [5, 5.41) is 9.05. The first-order valence-corrected chi connectivity index (χ1v) is 7.98. The SMILES string of the molecule is CC(C)CCCCCCCCC(O)S(=O)(=O)O. The van der Waals surface area contributed by atoms with Crippen LogP contribution in [0.2, 0.25) is 0 Å². The number of unbranched alkanes of at least 4 members (excludes halogenated alkanes) is 5. The highest BCUT2D eigenvalue weighted by Crippen LogP contribution is 2.13. The molecule has 0 saturated carbocycles. The summed E-state index contributed by atoms with van der Waals surface area (Å²) in [5.74, 6) is 0.764. The molecular formula is C12H26O4S. The molecule has 0 aromatic heterocycles. The number of rotatable bonds is 10. The molecule has 0 rings (SSSR count). The van der Waals surface area contributed by atoms with E-state index in [0.29, 0.717) is 6.42 Å². The molecule has 0 amide bonds. The van der Waals surface area contributed by atoms with E-state index in [0.717, 1.165) is 25.2 Å². The maximum absolute atomic E-state index is 10.5. The summed E-state index contributed by atoms with van der Waals surface area (Å²) in [7, 11) is -4.26. The van der Waals surface area contributed by atoms with Gasteiger partial charge in [-0.2, -0.15) is 8.42 Å². The van der Waals surface area contributed by atoms with Crippen LogP contribution in [-0.2, 0) is 10.1 Å². The van der Waals surface area contributed by atoms with Crippen molar-refractivity contribution < 1.29 is 18.1 Å². The fourth-order valence-electron chi connectivity index (χ4n) is 1.73. The molecular weight excluding hydrogens is 240 g/mol. The van der Waals surface area contributed by atoms with E-state index in [1.54, 1.807) is 0 Å². The van der Waals surface area contributed by atoms with E-state index in [9.17, 15) is 8.42 Å². The minimum atomic E-state index is -4.26. The Morgan fingerprint density at radius 1 is 0.882 bits per heavy atom. The Morgan fingerprint density at radius 2 is 1.29 bits per heavy atom. The third-order valence-corrected chi connectivity index (χ3v) is 3.75. The van der Waals surface area contributed by atoms with Crippen molar-refractivity contribution in [2.24, 2.45) is 5.92 Å². The first kappa shape index (κ1) is 16.9. The maximum atomic E-state index is 10.5. The van der Waals surface area contributed by atoms with Gasteiger partial charge in [0.2, 0.25) is 0 Å². The molecule has 0 fully saturated rings. The zero-order chi connectivity index (χ0) is 13.3. The van der Waals surface area contributed by atoms with E-state index in [1.807, 2.05) is 0 Å². The molecule has 1 atom stereocenters. The van der Waals surface area contributed by atoms with Crippen LogP contribution >= 0.6 is 0 Å². The minimum Gasteiger partial charge on any atom is -0.375 e. The Balaban J connectivity index is 3.30. The third kappa shape index (κ3) is 10.7. The topological polar surface area (TPSA) is 74.6 Å². The predicted octanol–water partition coefficient (Wildman–Crippen LogP) is 2.97. The Hall–Kier alpha value is -0.130. The minimum absolute atomic E-state index is 0.130. The lowest BCUT2D eigenvalue weighted by atomic mass is 10.0. The molecule has 0 aromatic carbocycles. The lowest BCUT2D eigenvalue weighted by Crippen LogP contribution is -2.19. The molecule has 0 heterocycles. The molecule has 0 bridgehead atoms. The van der Waals surface area contributed by atoms with Crippen molar-refractivity contribution >= 4 is 10.1 Å². The predicted molar refractivity (Wildman–Crippen MR) is 69.3 cm³/mol. The fraction of sp³-hybridized carbons (Fsp3) is 1.00. The summed E-state index contributed by atoms with van der Waals surface area (Å²) >= 11 is 0. The lowest BCUT2D eigenvalue weighted by molar-refractivity contribution is 0.219. The van der Waals surface area contributed by atoms with Crippen LogP contribution in [0, 0.1) is 5.92 Å². The molecule has 0 aliphatic carbocycles. The van der Waals surface area contributed by atoms with Gasteiger partial charge < -0.3 is 5.11 Å². The van der Waals surface area contributed by atoms with Gasteiger partial charge in [-0.1, -0.05) is 52.4 Å². The Morgan fingerprint density at radius 3 is 1.71 bits per heavy atom. The fourth-order valence-corrected chi connectivity index (χ4v) is 2.19. The van der Waals surface area contributed by atoms with Gasteiger partial charge >= 0.3 is 0 Å². The van der Waals surface area contributed by atoms with Crippen LogP contribution in [-0.4, -0.2) is 23.5 Å². The first-order chi connectivity index (χ1) is 7.84. The summed E-state index contributed by atoms with van der Waals surface area (Å²) in [4.78, 5) is 0. The highest BCUT2D eigenvalue weighted by Gasteiger charge is 2.18. The van der Waals surface area contributed by atoms with Crippen LogP contribution in [0.25, 0.3) is 0 Å². The van der Waals surface area contributed by atoms with E-state index in [2.05, 4.69) is 13.8 Å². The maximum Gasteiger partial charge on any atom is 0.291 e. The molecule has 0 aliphatic rings. The second-order valence-corrected chi connectivity index (χ2v) is 6.64. The average Bonchev–Trinajstić information content (AvgIpc) is 2.19. The molecule has 0 saturated heterocycles. The average molecular weight is 266 g/mol. The van der Waals surface area contributed by atoms with E-state index < -0.39 is 15.6 Å². The second kappa shape index (κ2) is 8.89. The van der Waals surface area contributed by atoms with E-state index in [1.165, 1.54) is 19.3 Å². The smallest absolute Gasteiger partial charge is 0.291 e. The van der Waals surface area contributed by atoms with E-state index >= 15 is 0 Å². The van der Waals surface area contributed by atoms with Gasteiger partial charge in [-0.3, -0.25) is 4.55 Å². The zero-order valence-electron chi connectivity index (χ0n) is 10.9. The molecule has 0 aromatic rings. The lowest BCUT2D eigenvalue weighted by Gasteiger charge is -2.07. The quantitative estimate of drug-likeness (QED) is 0.471. The summed E-state index contributed by atoms with van der Waals surface area (Å²) < 4.78 is 29.5. The van der Waals surface area contributed by atoms with Gasteiger partial charge in [0.05, 0.1) is 0 Å². The van der Waals surface area contributed by atoms with Gasteiger partial charge in [0.15, 0.2) is 5.44 Å². The normalized spacial score (nSPS) is 14.2. The molecule has 0 aliphatic heterocycles. The van der Waals surface area contributed by atoms with Crippen LogP contribution in [0.1, 0.15) is 65.2 Å². The zero-order valence-corrected chi connectivity index (χ0v) is 11.7. The number of aliphatic hydroxyl groups is 1.